The predicted octanol–water partition coefficient (Wildman–Crippen LogP) is 2.13. The summed E-state index contributed by atoms with van der Waals surface area (Å²) >= 11 is 0. The third-order valence-corrected chi connectivity index (χ3v) is 3.68. The number of fused-ring (bicyclic) bond motifs is 1. The van der Waals surface area contributed by atoms with Crippen molar-refractivity contribution in [1.29, 1.82) is 0 Å². The molecule has 104 valence electrons. The molecular formula is C14H19ClN2O2. The topological polar surface area (TPSA) is 49.4 Å². The van der Waals surface area contributed by atoms with E-state index < -0.39 is 5.54 Å². The van der Waals surface area contributed by atoms with Gasteiger partial charge >= 0.3 is 0 Å². The van der Waals surface area contributed by atoms with Crippen LogP contribution in [0.2, 0.25) is 0 Å². The first-order chi connectivity index (χ1) is 8.34. The number of nitrogens with one attached hydrogen (secondary N) is 1. The minimum Gasteiger partial charge on any atom is -0.326 e. The summed E-state index contributed by atoms with van der Waals surface area (Å²) in [6, 6.07) is 5.47. The molecule has 19 heavy (non-hydrogen) atoms. The molecule has 0 aliphatic heterocycles. The Morgan fingerprint density at radius 2 is 2.00 bits per heavy atom. The van der Waals surface area contributed by atoms with Crippen LogP contribution in [0.4, 0.5) is 5.69 Å². The van der Waals surface area contributed by atoms with Crippen molar-refractivity contribution in [3.05, 3.63) is 29.3 Å². The Morgan fingerprint density at radius 1 is 1.37 bits per heavy atom. The van der Waals surface area contributed by atoms with Crippen LogP contribution in [0.5, 0.6) is 0 Å². The summed E-state index contributed by atoms with van der Waals surface area (Å²) in [7, 11) is 3.83. The van der Waals surface area contributed by atoms with Crippen LogP contribution in [-0.4, -0.2) is 36.2 Å². The lowest BCUT2D eigenvalue weighted by molar-refractivity contribution is -0.114. The third kappa shape index (κ3) is 2.65. The summed E-state index contributed by atoms with van der Waals surface area (Å²) in [6.45, 7) is 3.43. The monoisotopic (exact) mass is 282 g/mol. The molecule has 1 aromatic rings. The minimum atomic E-state index is -0.475. The molecule has 1 amide bonds. The lowest BCUT2D eigenvalue weighted by Gasteiger charge is -2.30. The molecular weight excluding hydrogens is 264 g/mol. The number of hydrogen-bond donors (Lipinski definition) is 1. The van der Waals surface area contributed by atoms with Gasteiger partial charge in [0, 0.05) is 18.2 Å². The van der Waals surface area contributed by atoms with Crippen LogP contribution in [-0.2, 0) is 11.2 Å². The summed E-state index contributed by atoms with van der Waals surface area (Å²) in [5.74, 6) is 0.0477. The van der Waals surface area contributed by atoms with E-state index in [1.165, 1.54) is 6.92 Å². The fourth-order valence-electron chi connectivity index (χ4n) is 2.34. The first-order valence-corrected chi connectivity index (χ1v) is 5.97. The average Bonchev–Trinajstić information content (AvgIpc) is 2.51. The Hall–Kier alpha value is -1.39. The van der Waals surface area contributed by atoms with Crippen LogP contribution in [0.15, 0.2) is 18.2 Å². The quantitative estimate of drug-likeness (QED) is 0.904. The lowest BCUT2D eigenvalue weighted by Crippen LogP contribution is -2.46. The van der Waals surface area contributed by atoms with Crippen molar-refractivity contribution in [2.75, 3.05) is 19.4 Å². The number of carbonyl (C=O) groups excluding carboxylic acids is 2. The van der Waals surface area contributed by atoms with Crippen molar-refractivity contribution >= 4 is 29.8 Å². The van der Waals surface area contributed by atoms with E-state index in [2.05, 4.69) is 5.32 Å². The number of nitrogens with zero attached hydrogens (tertiary/aromatic N) is 1. The first-order valence-electron chi connectivity index (χ1n) is 5.97. The summed E-state index contributed by atoms with van der Waals surface area (Å²) in [5.41, 5.74) is 2.04. The molecule has 5 heteroatoms. The van der Waals surface area contributed by atoms with Crippen LogP contribution in [0.3, 0.4) is 0 Å². The van der Waals surface area contributed by atoms with Gasteiger partial charge in [0.05, 0.1) is 5.54 Å². The van der Waals surface area contributed by atoms with Crippen LogP contribution in [0.1, 0.15) is 29.8 Å². The Bertz CT molecular complexity index is 528. The number of anilines is 1. The molecule has 1 aromatic carbocycles. The van der Waals surface area contributed by atoms with Crippen molar-refractivity contribution in [1.82, 2.24) is 4.90 Å². The lowest BCUT2D eigenvalue weighted by atomic mass is 9.96. The molecule has 0 bridgehead atoms. The van der Waals surface area contributed by atoms with Gasteiger partial charge in [0.1, 0.15) is 0 Å². The van der Waals surface area contributed by atoms with Crippen molar-refractivity contribution in [3.8, 4) is 0 Å². The van der Waals surface area contributed by atoms with Crippen LogP contribution < -0.4 is 5.32 Å². The third-order valence-electron chi connectivity index (χ3n) is 3.68. The summed E-state index contributed by atoms with van der Waals surface area (Å²) in [6.07, 6.45) is 0.682. The molecule has 1 aliphatic rings. The molecule has 4 nitrogen and oxygen atoms in total. The Balaban J connectivity index is 0.00000180. The van der Waals surface area contributed by atoms with Crippen LogP contribution >= 0.6 is 12.4 Å². The minimum absolute atomic E-state index is 0. The number of rotatable bonds is 2. The maximum atomic E-state index is 12.4. The Labute approximate surface area is 119 Å². The number of benzene rings is 1. The zero-order valence-electron chi connectivity index (χ0n) is 11.6. The van der Waals surface area contributed by atoms with Crippen LogP contribution in [0.25, 0.3) is 0 Å². The standard InChI is InChI=1S/C14H18N2O2.ClH/c1-9(17)15-11-5-6-12-10(7-11)8-14(2,13(12)18)16(3)4;/h5-7H,8H2,1-4H3,(H,15,17);1H. The summed E-state index contributed by atoms with van der Waals surface area (Å²) in [4.78, 5) is 25.3. The fourth-order valence-corrected chi connectivity index (χ4v) is 2.34. The van der Waals surface area contributed by atoms with E-state index in [4.69, 9.17) is 0 Å². The number of hydrogen-bond acceptors (Lipinski definition) is 3. The molecule has 1 aliphatic carbocycles. The second kappa shape index (κ2) is 5.31. The van der Waals surface area contributed by atoms with E-state index in [1.807, 2.05) is 32.0 Å². The second-order valence-electron chi connectivity index (χ2n) is 5.23. The van der Waals surface area contributed by atoms with E-state index in [0.717, 1.165) is 16.8 Å². The van der Waals surface area contributed by atoms with E-state index in [9.17, 15) is 9.59 Å². The normalized spacial score (nSPS) is 21.0. The van der Waals surface area contributed by atoms with Gasteiger partial charge in [0.25, 0.3) is 0 Å². The summed E-state index contributed by atoms with van der Waals surface area (Å²) in [5, 5.41) is 2.74. The second-order valence-corrected chi connectivity index (χ2v) is 5.23. The van der Waals surface area contributed by atoms with E-state index in [0.29, 0.717) is 6.42 Å². The molecule has 0 saturated carbocycles. The van der Waals surface area contributed by atoms with Gasteiger partial charge < -0.3 is 5.32 Å². The fraction of sp³-hybridized carbons (Fsp3) is 0.429. The largest absolute Gasteiger partial charge is 0.326 e. The number of likely N-dealkylation sites (N-methyl/N-ethyl adjacent to an activating group) is 1. The van der Waals surface area contributed by atoms with Gasteiger partial charge in [-0.05, 0) is 51.2 Å². The molecule has 2 rings (SSSR count). The van der Waals surface area contributed by atoms with Gasteiger partial charge in [-0.1, -0.05) is 0 Å². The number of Topliss-reactive ketones (excluding diaryl/α,β-unsaturated/α-hetero) is 1. The number of halogens is 1. The molecule has 1 N–H and O–H groups in total. The van der Waals surface area contributed by atoms with Crippen molar-refractivity contribution in [2.24, 2.45) is 0 Å². The zero-order chi connectivity index (χ0) is 13.5. The summed E-state index contributed by atoms with van der Waals surface area (Å²) < 4.78 is 0. The molecule has 0 saturated heterocycles. The van der Waals surface area contributed by atoms with E-state index in [-0.39, 0.29) is 24.1 Å². The molecule has 0 fully saturated rings. The highest BCUT2D eigenvalue weighted by molar-refractivity contribution is 6.08. The van der Waals surface area contributed by atoms with Gasteiger partial charge in [-0.25, -0.2) is 0 Å². The van der Waals surface area contributed by atoms with Gasteiger partial charge in [-0.3, -0.25) is 14.5 Å². The highest BCUT2D eigenvalue weighted by Gasteiger charge is 2.43. The molecule has 0 aromatic heterocycles. The van der Waals surface area contributed by atoms with Crippen molar-refractivity contribution < 1.29 is 9.59 Å². The number of carbonyl (C=O) groups is 2. The zero-order valence-corrected chi connectivity index (χ0v) is 12.4. The molecule has 1 atom stereocenters. The smallest absolute Gasteiger partial charge is 0.221 e. The van der Waals surface area contributed by atoms with Gasteiger partial charge in [0.2, 0.25) is 5.91 Å². The molecule has 0 radical (unpaired) electrons. The van der Waals surface area contributed by atoms with E-state index >= 15 is 0 Å². The number of amides is 1. The highest BCUT2D eigenvalue weighted by atomic mass is 35.5. The molecule has 1 unspecified atom stereocenters. The highest BCUT2D eigenvalue weighted by Crippen LogP contribution is 2.34. The van der Waals surface area contributed by atoms with Gasteiger partial charge in [0.15, 0.2) is 5.78 Å². The maximum absolute atomic E-state index is 12.4. The Morgan fingerprint density at radius 3 is 2.53 bits per heavy atom. The SMILES string of the molecule is CC(=O)Nc1ccc2c(c1)CC(C)(N(C)C)C2=O.Cl. The predicted molar refractivity (Wildman–Crippen MR) is 78.1 cm³/mol. The molecule has 0 heterocycles. The van der Waals surface area contributed by atoms with Crippen molar-refractivity contribution in [2.45, 2.75) is 25.8 Å². The van der Waals surface area contributed by atoms with Gasteiger partial charge in [-0.15, -0.1) is 12.4 Å². The van der Waals surface area contributed by atoms with E-state index in [1.54, 1.807) is 12.1 Å². The number of ketones is 1. The van der Waals surface area contributed by atoms with Crippen molar-refractivity contribution in [3.63, 3.8) is 0 Å². The maximum Gasteiger partial charge on any atom is 0.221 e. The first kappa shape index (κ1) is 15.7. The van der Waals surface area contributed by atoms with Crippen LogP contribution in [0, 0.1) is 0 Å². The Kier molecular flexibility index (Phi) is 4.38. The molecule has 0 spiro atoms. The van der Waals surface area contributed by atoms with Gasteiger partial charge in [-0.2, -0.15) is 0 Å². The average molecular weight is 283 g/mol.